The normalized spacial score (nSPS) is 13.5. The number of carbonyl (C=O) groups excluding carboxylic acids is 1. The van der Waals surface area contributed by atoms with Gasteiger partial charge in [-0.3, -0.25) is 9.10 Å². The van der Waals surface area contributed by atoms with Crippen LogP contribution in [0.25, 0.3) is 0 Å². The average Bonchev–Trinajstić information content (AvgIpc) is 2.65. The third kappa shape index (κ3) is 5.01. The van der Waals surface area contributed by atoms with Gasteiger partial charge in [-0.25, -0.2) is 8.42 Å². The Kier molecular flexibility index (Phi) is 6.85. The third-order valence-electron chi connectivity index (χ3n) is 4.30. The van der Waals surface area contributed by atoms with Gasteiger partial charge >= 0.3 is 0 Å². The van der Waals surface area contributed by atoms with Crippen LogP contribution in [0.5, 0.6) is 5.75 Å². The third-order valence-corrected chi connectivity index (χ3v) is 5.48. The van der Waals surface area contributed by atoms with E-state index in [4.69, 9.17) is 4.74 Å². The van der Waals surface area contributed by atoms with E-state index in [9.17, 15) is 13.2 Å². The molecule has 2 aromatic carbocycles. The second kappa shape index (κ2) is 8.90. The molecular weight excluding hydrogens is 364 g/mol. The Morgan fingerprint density at radius 3 is 2.26 bits per heavy atom. The molecule has 1 N–H and O–H groups in total. The molecular formula is C20H26N2O4S. The largest absolute Gasteiger partial charge is 0.496 e. The number of nitrogens with one attached hydrogen (secondary N) is 1. The Balaban J connectivity index is 2.30. The molecule has 0 spiro atoms. The zero-order chi connectivity index (χ0) is 20.0. The van der Waals surface area contributed by atoms with E-state index >= 15 is 0 Å². The number of methoxy groups -OCH3 is 1. The summed E-state index contributed by atoms with van der Waals surface area (Å²) in [4.78, 5) is 13.0. The van der Waals surface area contributed by atoms with Crippen LogP contribution in [0, 0.1) is 0 Å². The Bertz CT molecular complexity index is 869. The number of nitrogens with zero attached hydrogens (tertiary/aromatic N) is 1. The quantitative estimate of drug-likeness (QED) is 0.751. The Labute approximate surface area is 161 Å². The van der Waals surface area contributed by atoms with E-state index in [1.54, 1.807) is 44.4 Å². The maximum Gasteiger partial charge on any atom is 0.244 e. The summed E-state index contributed by atoms with van der Waals surface area (Å²) in [6.45, 7) is 3.63. The highest BCUT2D eigenvalue weighted by molar-refractivity contribution is 7.92. The van der Waals surface area contributed by atoms with Crippen molar-refractivity contribution < 1.29 is 17.9 Å². The van der Waals surface area contributed by atoms with Crippen LogP contribution in [0.15, 0.2) is 54.6 Å². The molecule has 7 heteroatoms. The number of carbonyl (C=O) groups is 1. The van der Waals surface area contributed by atoms with Gasteiger partial charge in [0.05, 0.1) is 25.1 Å². The Hall–Kier alpha value is -2.54. The van der Waals surface area contributed by atoms with Gasteiger partial charge in [-0.1, -0.05) is 43.3 Å². The summed E-state index contributed by atoms with van der Waals surface area (Å²) in [6.07, 6.45) is 1.45. The summed E-state index contributed by atoms with van der Waals surface area (Å²) < 4.78 is 31.4. The number of hydrogen-bond acceptors (Lipinski definition) is 4. The minimum atomic E-state index is -3.64. The first-order valence-corrected chi connectivity index (χ1v) is 10.6. The van der Waals surface area contributed by atoms with Crippen molar-refractivity contribution in [1.82, 2.24) is 5.32 Å². The Morgan fingerprint density at radius 1 is 1.11 bits per heavy atom. The van der Waals surface area contributed by atoms with E-state index in [0.29, 0.717) is 17.9 Å². The average molecular weight is 391 g/mol. The lowest BCUT2D eigenvalue weighted by atomic mass is 10.1. The van der Waals surface area contributed by atoms with Crippen molar-refractivity contribution in [2.75, 3.05) is 17.7 Å². The van der Waals surface area contributed by atoms with Gasteiger partial charge in [0.1, 0.15) is 11.8 Å². The highest BCUT2D eigenvalue weighted by atomic mass is 32.2. The molecule has 1 amide bonds. The van der Waals surface area contributed by atoms with Crippen LogP contribution >= 0.6 is 0 Å². The van der Waals surface area contributed by atoms with Gasteiger partial charge in [-0.2, -0.15) is 0 Å². The van der Waals surface area contributed by atoms with Crippen molar-refractivity contribution in [2.45, 2.75) is 32.4 Å². The molecule has 0 unspecified atom stereocenters. The zero-order valence-electron chi connectivity index (χ0n) is 16.0. The summed E-state index contributed by atoms with van der Waals surface area (Å²) in [5.41, 5.74) is 1.29. The SMILES string of the molecule is CC[C@H](C(=O)N[C@@H](C)c1ccccc1OC)N(c1ccccc1)S(C)(=O)=O. The fourth-order valence-electron chi connectivity index (χ4n) is 3.05. The van der Waals surface area contributed by atoms with Crippen LogP contribution < -0.4 is 14.4 Å². The lowest BCUT2D eigenvalue weighted by Crippen LogP contribution is -2.49. The molecule has 0 aliphatic heterocycles. The highest BCUT2D eigenvalue weighted by Crippen LogP contribution is 2.26. The first-order chi connectivity index (χ1) is 12.8. The summed E-state index contributed by atoms with van der Waals surface area (Å²) in [7, 11) is -2.07. The van der Waals surface area contributed by atoms with E-state index in [-0.39, 0.29) is 11.9 Å². The molecule has 0 saturated heterocycles. The lowest BCUT2D eigenvalue weighted by Gasteiger charge is -2.31. The van der Waals surface area contributed by atoms with E-state index in [1.165, 1.54) is 4.31 Å². The first-order valence-electron chi connectivity index (χ1n) is 8.77. The van der Waals surface area contributed by atoms with Crippen molar-refractivity contribution >= 4 is 21.6 Å². The molecule has 0 heterocycles. The molecule has 0 fully saturated rings. The standard InChI is InChI=1S/C20H26N2O4S/c1-5-18(22(27(4,24)25)16-11-7-6-8-12-16)20(23)21-15(2)17-13-9-10-14-19(17)26-3/h6-15,18H,5H2,1-4H3,(H,21,23)/t15-,18+/m0/s1. The van der Waals surface area contributed by atoms with Gasteiger partial charge in [-0.05, 0) is 31.5 Å². The topological polar surface area (TPSA) is 75.7 Å². The highest BCUT2D eigenvalue weighted by Gasteiger charge is 2.32. The summed E-state index contributed by atoms with van der Waals surface area (Å²) in [5, 5.41) is 2.92. The van der Waals surface area contributed by atoms with E-state index < -0.39 is 16.1 Å². The molecule has 6 nitrogen and oxygen atoms in total. The molecule has 0 saturated carbocycles. The minimum absolute atomic E-state index is 0.333. The van der Waals surface area contributed by atoms with Crippen molar-refractivity contribution in [3.63, 3.8) is 0 Å². The maximum absolute atomic E-state index is 13.0. The predicted molar refractivity (Wildman–Crippen MR) is 107 cm³/mol. The number of anilines is 1. The van der Waals surface area contributed by atoms with E-state index in [1.807, 2.05) is 31.2 Å². The van der Waals surface area contributed by atoms with Gasteiger partial charge in [0.2, 0.25) is 15.9 Å². The van der Waals surface area contributed by atoms with Crippen molar-refractivity contribution in [1.29, 1.82) is 0 Å². The fourth-order valence-corrected chi connectivity index (χ4v) is 4.26. The molecule has 0 aliphatic rings. The Morgan fingerprint density at radius 2 is 1.70 bits per heavy atom. The van der Waals surface area contributed by atoms with Crippen molar-refractivity contribution in [3.05, 3.63) is 60.2 Å². The molecule has 2 atom stereocenters. The summed E-state index contributed by atoms with van der Waals surface area (Å²) in [5.74, 6) is 0.312. The maximum atomic E-state index is 13.0. The smallest absolute Gasteiger partial charge is 0.244 e. The van der Waals surface area contributed by atoms with Gasteiger partial charge < -0.3 is 10.1 Å². The number of rotatable bonds is 8. The number of para-hydroxylation sites is 2. The van der Waals surface area contributed by atoms with Crippen molar-refractivity contribution in [3.8, 4) is 5.75 Å². The number of ether oxygens (including phenoxy) is 1. The zero-order valence-corrected chi connectivity index (χ0v) is 16.9. The lowest BCUT2D eigenvalue weighted by molar-refractivity contribution is -0.122. The van der Waals surface area contributed by atoms with Crippen molar-refractivity contribution in [2.24, 2.45) is 0 Å². The molecule has 2 aromatic rings. The molecule has 2 rings (SSSR count). The molecule has 0 aromatic heterocycles. The number of sulfonamides is 1. The number of amides is 1. The summed E-state index contributed by atoms with van der Waals surface area (Å²) >= 11 is 0. The monoisotopic (exact) mass is 390 g/mol. The summed E-state index contributed by atoms with van der Waals surface area (Å²) in [6, 6.07) is 14.9. The van der Waals surface area contributed by atoms with Crippen LogP contribution in [0.2, 0.25) is 0 Å². The first kappa shape index (κ1) is 20.8. The second-order valence-electron chi connectivity index (χ2n) is 6.29. The second-order valence-corrected chi connectivity index (χ2v) is 8.15. The molecule has 0 bridgehead atoms. The molecule has 0 aliphatic carbocycles. The van der Waals surface area contributed by atoms with Gasteiger partial charge in [-0.15, -0.1) is 0 Å². The van der Waals surface area contributed by atoms with Crippen LogP contribution in [-0.4, -0.2) is 33.7 Å². The van der Waals surface area contributed by atoms with E-state index in [2.05, 4.69) is 5.32 Å². The molecule has 27 heavy (non-hydrogen) atoms. The van der Waals surface area contributed by atoms with Gasteiger partial charge in [0.15, 0.2) is 0 Å². The number of benzene rings is 2. The number of hydrogen-bond donors (Lipinski definition) is 1. The van der Waals surface area contributed by atoms with Crippen LogP contribution in [-0.2, 0) is 14.8 Å². The van der Waals surface area contributed by atoms with Crippen LogP contribution in [0.1, 0.15) is 31.9 Å². The van der Waals surface area contributed by atoms with E-state index in [0.717, 1.165) is 11.8 Å². The van der Waals surface area contributed by atoms with Gasteiger partial charge in [0, 0.05) is 5.56 Å². The van der Waals surface area contributed by atoms with Crippen LogP contribution in [0.3, 0.4) is 0 Å². The molecule has 0 radical (unpaired) electrons. The van der Waals surface area contributed by atoms with Crippen LogP contribution in [0.4, 0.5) is 5.69 Å². The molecule has 146 valence electrons. The van der Waals surface area contributed by atoms with Gasteiger partial charge in [0.25, 0.3) is 0 Å². The fraction of sp³-hybridized carbons (Fsp3) is 0.350. The minimum Gasteiger partial charge on any atom is -0.496 e. The predicted octanol–water partition coefficient (Wildman–Crippen LogP) is 3.12.